The van der Waals surface area contributed by atoms with Crippen LogP contribution in [0.15, 0.2) is 127 Å². The van der Waals surface area contributed by atoms with Crippen molar-refractivity contribution in [2.75, 3.05) is 23.5 Å². The van der Waals surface area contributed by atoms with Gasteiger partial charge in [-0.05, 0) is 110 Å². The van der Waals surface area contributed by atoms with Crippen molar-refractivity contribution in [1.29, 1.82) is 0 Å². The Kier molecular flexibility index (Phi) is 11.8. The highest BCUT2D eigenvalue weighted by Crippen LogP contribution is 2.40. The summed E-state index contributed by atoms with van der Waals surface area (Å²) in [6, 6.07) is 22.3. The summed E-state index contributed by atoms with van der Waals surface area (Å²) < 4.78 is 40.5. The number of nitrogens with zero attached hydrogens (tertiary/aromatic N) is 6. The molecule has 5 aromatic carbocycles. The number of azo groups is 3. The van der Waals surface area contributed by atoms with Crippen LogP contribution in [-0.2, 0) is 14.9 Å². The normalized spacial score (nSPS) is 11.7. The van der Waals surface area contributed by atoms with Crippen molar-refractivity contribution in [1.82, 2.24) is 0 Å². The van der Waals surface area contributed by atoms with Crippen LogP contribution in [0.2, 0.25) is 0 Å². The van der Waals surface area contributed by atoms with Gasteiger partial charge < -0.3 is 26.2 Å². The van der Waals surface area contributed by atoms with Crippen LogP contribution in [0.4, 0.5) is 51.2 Å². The number of anilines is 3. The summed E-state index contributed by atoms with van der Waals surface area (Å²) >= 11 is 0. The average molecular weight is 764 g/mol. The van der Waals surface area contributed by atoms with E-state index in [2.05, 4.69) is 41.3 Å². The van der Waals surface area contributed by atoms with Gasteiger partial charge in [-0.3, -0.25) is 14.1 Å². The Balaban J connectivity index is 1.41. The number of nitrogens with one attached hydrogen (secondary N) is 2. The number of carbonyl (C=O) groups is 3. The first-order valence-corrected chi connectivity index (χ1v) is 17.5. The topological polar surface area (TPSA) is 259 Å². The molecule has 0 heterocycles. The zero-order chi connectivity index (χ0) is 39.9. The first kappa shape index (κ1) is 39.0. The van der Waals surface area contributed by atoms with Crippen molar-refractivity contribution in [3.63, 3.8) is 0 Å². The number of hydrogen-bond acceptors (Lipinski definition) is 13. The lowest BCUT2D eigenvalue weighted by Crippen LogP contribution is -2.11. The summed E-state index contributed by atoms with van der Waals surface area (Å²) in [4.78, 5) is 35.1. The lowest BCUT2D eigenvalue weighted by Gasteiger charge is -2.10. The Hall–Kier alpha value is -7.18. The molecule has 0 spiro atoms. The van der Waals surface area contributed by atoms with Crippen molar-refractivity contribution in [2.45, 2.75) is 25.7 Å². The van der Waals surface area contributed by atoms with Gasteiger partial charge in [0.25, 0.3) is 16.0 Å². The van der Waals surface area contributed by atoms with Gasteiger partial charge in [-0.1, -0.05) is 0 Å². The van der Waals surface area contributed by atoms with E-state index in [1.54, 1.807) is 55.5 Å². The monoisotopic (exact) mass is 763 g/mol. The average Bonchev–Trinajstić information content (AvgIpc) is 3.13. The minimum Gasteiger partial charge on any atom is -0.494 e. The van der Waals surface area contributed by atoms with E-state index in [4.69, 9.17) is 15.6 Å². The molecular weight excluding hydrogens is 731 g/mol. The van der Waals surface area contributed by atoms with Gasteiger partial charge in [0.15, 0.2) is 0 Å². The standard InChI is InChI=1S/C37H33N9O8S/c1-20-15-27(40-36(48)23-5-9-25(38)10-6-23)13-14-28(20)42-45-32-16-21(2)29(18-34(32)54-4)43-46-33-17-30(39-22(3)47)31(19-35(33)55(51,52)53)44-41-26-11-7-24(8-12-26)37(49)50/h5-19H,38H2,1-4H3,(H,39,47)(H,40,48)(H,49,50)(H,51,52,53). The minimum atomic E-state index is -4.90. The predicted octanol–water partition coefficient (Wildman–Crippen LogP) is 9.30. The molecule has 0 aromatic heterocycles. The summed E-state index contributed by atoms with van der Waals surface area (Å²) in [5.41, 5.74) is 9.44. The molecule has 0 aliphatic rings. The predicted molar refractivity (Wildman–Crippen MR) is 204 cm³/mol. The molecule has 0 aliphatic carbocycles. The van der Waals surface area contributed by atoms with Crippen LogP contribution in [0, 0.1) is 13.8 Å². The Labute approximate surface area is 314 Å². The second kappa shape index (κ2) is 16.7. The second-order valence-corrected chi connectivity index (χ2v) is 13.2. The van der Waals surface area contributed by atoms with E-state index >= 15 is 0 Å². The van der Waals surface area contributed by atoms with Crippen molar-refractivity contribution in [3.05, 3.63) is 113 Å². The molecule has 280 valence electrons. The Morgan fingerprint density at radius 1 is 0.673 bits per heavy atom. The van der Waals surface area contributed by atoms with E-state index in [1.165, 1.54) is 44.4 Å². The van der Waals surface area contributed by atoms with Gasteiger partial charge in [-0.15, -0.1) is 15.3 Å². The second-order valence-electron chi connectivity index (χ2n) is 11.8. The van der Waals surface area contributed by atoms with E-state index in [1.807, 2.05) is 6.92 Å². The smallest absolute Gasteiger partial charge is 0.335 e. The zero-order valence-electron chi connectivity index (χ0n) is 29.7. The number of aromatic carboxylic acids is 1. The number of benzene rings is 5. The SMILES string of the molecule is COc1cc(N=Nc2cc(NC(C)=O)c(N=Nc3ccc(C(=O)O)cc3)cc2S(=O)(=O)O)c(C)cc1N=Nc1ccc(NC(=O)c2ccc(N)cc2)cc1C. The molecule has 0 radical (unpaired) electrons. The van der Waals surface area contributed by atoms with Gasteiger partial charge in [0, 0.05) is 29.9 Å². The summed E-state index contributed by atoms with van der Waals surface area (Å²) in [5.74, 6) is -1.70. The quantitative estimate of drug-likeness (QED) is 0.0460. The fraction of sp³-hybridized carbons (Fsp3) is 0.108. The molecule has 5 aromatic rings. The number of carboxylic acid groups (broad SMARTS) is 1. The number of methoxy groups -OCH3 is 1. The number of nitrogens with two attached hydrogens (primary N) is 1. The van der Waals surface area contributed by atoms with Crippen LogP contribution in [0.1, 0.15) is 38.8 Å². The molecule has 0 atom stereocenters. The molecule has 0 aliphatic heterocycles. The molecule has 0 saturated heterocycles. The van der Waals surface area contributed by atoms with Gasteiger partial charge in [0.05, 0.1) is 35.4 Å². The molecule has 6 N–H and O–H groups in total. The van der Waals surface area contributed by atoms with Gasteiger partial charge in [-0.2, -0.15) is 23.8 Å². The summed E-state index contributed by atoms with van der Waals surface area (Å²) in [5, 5.41) is 39.5. The number of nitrogen functional groups attached to an aromatic ring is 1. The highest BCUT2D eigenvalue weighted by Gasteiger charge is 2.21. The maximum absolute atomic E-state index is 12.6. The maximum atomic E-state index is 12.6. The molecular formula is C37H33N9O8S. The van der Waals surface area contributed by atoms with Gasteiger partial charge >= 0.3 is 5.97 Å². The van der Waals surface area contributed by atoms with Crippen LogP contribution < -0.4 is 21.1 Å². The number of hydrogen-bond donors (Lipinski definition) is 5. The van der Waals surface area contributed by atoms with E-state index in [0.717, 1.165) is 17.7 Å². The third-order valence-electron chi connectivity index (χ3n) is 7.71. The van der Waals surface area contributed by atoms with Crippen molar-refractivity contribution >= 4 is 79.1 Å². The van der Waals surface area contributed by atoms with E-state index in [-0.39, 0.29) is 45.7 Å². The molecule has 18 heteroatoms. The van der Waals surface area contributed by atoms with E-state index in [9.17, 15) is 27.4 Å². The van der Waals surface area contributed by atoms with Crippen LogP contribution in [0.3, 0.4) is 0 Å². The highest BCUT2D eigenvalue weighted by atomic mass is 32.2. The number of aryl methyl sites for hydroxylation is 2. The number of amides is 2. The van der Waals surface area contributed by atoms with Gasteiger partial charge in [0.1, 0.15) is 27.7 Å². The molecule has 0 fully saturated rings. The first-order valence-electron chi connectivity index (χ1n) is 16.1. The number of rotatable bonds is 12. The van der Waals surface area contributed by atoms with Crippen LogP contribution in [0.5, 0.6) is 5.75 Å². The summed E-state index contributed by atoms with van der Waals surface area (Å²) in [6.07, 6.45) is 0. The van der Waals surface area contributed by atoms with Crippen LogP contribution >= 0.6 is 0 Å². The number of carbonyl (C=O) groups excluding carboxylic acids is 2. The molecule has 55 heavy (non-hydrogen) atoms. The molecule has 0 saturated carbocycles. The zero-order valence-corrected chi connectivity index (χ0v) is 30.5. The Morgan fingerprint density at radius 2 is 1.27 bits per heavy atom. The largest absolute Gasteiger partial charge is 0.494 e. The van der Waals surface area contributed by atoms with Crippen molar-refractivity contribution in [2.24, 2.45) is 30.7 Å². The van der Waals surface area contributed by atoms with E-state index < -0.39 is 26.9 Å². The lowest BCUT2D eigenvalue weighted by atomic mass is 10.1. The van der Waals surface area contributed by atoms with Gasteiger partial charge in [0.2, 0.25) is 5.91 Å². The van der Waals surface area contributed by atoms with Gasteiger partial charge in [-0.25, -0.2) is 4.79 Å². The number of carboxylic acids is 1. The highest BCUT2D eigenvalue weighted by molar-refractivity contribution is 7.86. The Morgan fingerprint density at radius 3 is 1.89 bits per heavy atom. The Bertz CT molecular complexity index is 2500. The summed E-state index contributed by atoms with van der Waals surface area (Å²) in [6.45, 7) is 4.74. The fourth-order valence-electron chi connectivity index (χ4n) is 4.91. The third-order valence-corrected chi connectivity index (χ3v) is 8.59. The molecule has 0 bridgehead atoms. The lowest BCUT2D eigenvalue weighted by molar-refractivity contribution is -0.114. The molecule has 17 nitrogen and oxygen atoms in total. The number of ether oxygens (including phenoxy) is 1. The first-order chi connectivity index (χ1) is 26.1. The third kappa shape index (κ3) is 10.0. The van der Waals surface area contributed by atoms with Crippen LogP contribution in [0.25, 0.3) is 0 Å². The summed E-state index contributed by atoms with van der Waals surface area (Å²) in [7, 11) is -3.49. The van der Waals surface area contributed by atoms with E-state index in [0.29, 0.717) is 33.9 Å². The molecule has 2 amide bonds. The minimum absolute atomic E-state index is 0.00247. The fourth-order valence-corrected chi connectivity index (χ4v) is 5.53. The van der Waals surface area contributed by atoms with Crippen molar-refractivity contribution < 1.29 is 37.2 Å². The van der Waals surface area contributed by atoms with Crippen LogP contribution in [-0.4, -0.2) is 43.0 Å². The maximum Gasteiger partial charge on any atom is 0.335 e. The molecule has 0 unspecified atom stereocenters. The van der Waals surface area contributed by atoms with Crippen molar-refractivity contribution in [3.8, 4) is 5.75 Å². The molecule has 5 rings (SSSR count).